The largest absolute Gasteiger partial charge is 0.317 e. The Hall–Kier alpha value is 0.160. The summed E-state index contributed by atoms with van der Waals surface area (Å²) in [5.74, 6) is 0.545. The SMILES string of the molecule is CCCN(C1CCNCC1)S(=O)(=O)CC(C)CC.Cl. The molecule has 116 valence electrons. The average molecular weight is 313 g/mol. The molecule has 0 saturated carbocycles. The highest BCUT2D eigenvalue weighted by Gasteiger charge is 2.30. The minimum atomic E-state index is -3.09. The van der Waals surface area contributed by atoms with Crippen LogP contribution in [0.3, 0.4) is 0 Å². The second-order valence-electron chi connectivity index (χ2n) is 5.38. The van der Waals surface area contributed by atoms with E-state index in [1.54, 1.807) is 4.31 Å². The number of nitrogens with zero attached hydrogens (tertiary/aromatic N) is 1. The van der Waals surface area contributed by atoms with Crippen LogP contribution in [0.4, 0.5) is 0 Å². The molecule has 6 heteroatoms. The summed E-state index contributed by atoms with van der Waals surface area (Å²) >= 11 is 0. The van der Waals surface area contributed by atoms with E-state index in [9.17, 15) is 8.42 Å². The summed E-state index contributed by atoms with van der Waals surface area (Å²) in [6.07, 6.45) is 3.70. The molecule has 0 aromatic heterocycles. The first-order chi connectivity index (χ1) is 8.51. The van der Waals surface area contributed by atoms with Crippen LogP contribution < -0.4 is 5.32 Å². The van der Waals surface area contributed by atoms with E-state index in [2.05, 4.69) is 12.2 Å². The molecule has 1 unspecified atom stereocenters. The first-order valence-corrected chi connectivity index (χ1v) is 8.82. The number of nitrogens with one attached hydrogen (secondary N) is 1. The molecular formula is C13H29ClN2O2S. The van der Waals surface area contributed by atoms with Crippen LogP contribution in [0.1, 0.15) is 46.5 Å². The van der Waals surface area contributed by atoms with E-state index in [1.807, 2.05) is 13.8 Å². The third kappa shape index (κ3) is 5.98. The van der Waals surface area contributed by atoms with Crippen molar-refractivity contribution in [1.82, 2.24) is 9.62 Å². The Bertz CT molecular complexity index is 330. The van der Waals surface area contributed by atoms with Gasteiger partial charge in [-0.1, -0.05) is 27.2 Å². The summed E-state index contributed by atoms with van der Waals surface area (Å²) in [7, 11) is -3.09. The highest BCUT2D eigenvalue weighted by atomic mass is 35.5. The molecule has 0 amide bonds. The van der Waals surface area contributed by atoms with E-state index < -0.39 is 10.0 Å². The Labute approximate surface area is 124 Å². The van der Waals surface area contributed by atoms with Gasteiger partial charge in [-0.3, -0.25) is 0 Å². The molecule has 0 aromatic rings. The van der Waals surface area contributed by atoms with Gasteiger partial charge in [0.15, 0.2) is 0 Å². The van der Waals surface area contributed by atoms with Crippen molar-refractivity contribution in [1.29, 1.82) is 0 Å². The maximum absolute atomic E-state index is 12.5. The highest BCUT2D eigenvalue weighted by molar-refractivity contribution is 7.89. The maximum atomic E-state index is 12.5. The molecule has 1 aliphatic rings. The van der Waals surface area contributed by atoms with E-state index in [4.69, 9.17) is 0 Å². The molecule has 0 bridgehead atoms. The molecule has 0 spiro atoms. The van der Waals surface area contributed by atoms with Gasteiger partial charge in [-0.05, 0) is 38.3 Å². The summed E-state index contributed by atoms with van der Waals surface area (Å²) in [6.45, 7) is 8.66. The van der Waals surface area contributed by atoms with Gasteiger partial charge in [0.05, 0.1) is 5.75 Å². The minimum absolute atomic E-state index is 0. The summed E-state index contributed by atoms with van der Waals surface area (Å²) in [4.78, 5) is 0. The third-order valence-electron chi connectivity index (χ3n) is 3.71. The van der Waals surface area contributed by atoms with Gasteiger partial charge in [0, 0.05) is 12.6 Å². The second kappa shape index (κ2) is 9.16. The van der Waals surface area contributed by atoms with E-state index in [1.165, 1.54) is 0 Å². The Morgan fingerprint density at radius 2 is 1.84 bits per heavy atom. The number of rotatable bonds is 7. The molecule has 1 rings (SSSR count). The van der Waals surface area contributed by atoms with Crippen LogP contribution in [-0.2, 0) is 10.0 Å². The molecule has 0 aliphatic carbocycles. The number of hydrogen-bond acceptors (Lipinski definition) is 3. The number of hydrogen-bond donors (Lipinski definition) is 1. The van der Waals surface area contributed by atoms with Gasteiger partial charge in [0.25, 0.3) is 0 Å². The lowest BCUT2D eigenvalue weighted by molar-refractivity contribution is 0.261. The van der Waals surface area contributed by atoms with E-state index in [-0.39, 0.29) is 24.4 Å². The van der Waals surface area contributed by atoms with Gasteiger partial charge >= 0.3 is 0 Å². The van der Waals surface area contributed by atoms with Crippen LogP contribution in [0.15, 0.2) is 0 Å². The number of sulfonamides is 1. The van der Waals surface area contributed by atoms with Gasteiger partial charge in [-0.25, -0.2) is 8.42 Å². The molecule has 0 aromatic carbocycles. The summed E-state index contributed by atoms with van der Waals surface area (Å²) in [5.41, 5.74) is 0. The third-order valence-corrected chi connectivity index (χ3v) is 5.89. The first-order valence-electron chi connectivity index (χ1n) is 7.21. The molecule has 4 nitrogen and oxygen atoms in total. The number of piperidine rings is 1. The van der Waals surface area contributed by atoms with E-state index in [0.717, 1.165) is 38.8 Å². The molecule has 1 aliphatic heterocycles. The zero-order chi connectivity index (χ0) is 13.6. The van der Waals surface area contributed by atoms with Crippen molar-refractivity contribution in [2.45, 2.75) is 52.5 Å². The van der Waals surface area contributed by atoms with Gasteiger partial charge in [-0.2, -0.15) is 4.31 Å². The first kappa shape index (κ1) is 19.2. The zero-order valence-electron chi connectivity index (χ0n) is 12.4. The van der Waals surface area contributed by atoms with Gasteiger partial charge < -0.3 is 5.32 Å². The van der Waals surface area contributed by atoms with E-state index in [0.29, 0.717) is 12.3 Å². The van der Waals surface area contributed by atoms with Crippen molar-refractivity contribution in [3.05, 3.63) is 0 Å². The minimum Gasteiger partial charge on any atom is -0.317 e. The van der Waals surface area contributed by atoms with Crippen molar-refractivity contribution in [2.75, 3.05) is 25.4 Å². The molecular weight excluding hydrogens is 284 g/mol. The fourth-order valence-corrected chi connectivity index (χ4v) is 4.71. The monoisotopic (exact) mass is 312 g/mol. The predicted molar refractivity (Wildman–Crippen MR) is 83.4 cm³/mol. The lowest BCUT2D eigenvalue weighted by Crippen LogP contribution is -2.47. The summed E-state index contributed by atoms with van der Waals surface area (Å²) in [5, 5.41) is 3.29. The Morgan fingerprint density at radius 3 is 2.32 bits per heavy atom. The lowest BCUT2D eigenvalue weighted by atomic mass is 10.1. The maximum Gasteiger partial charge on any atom is 0.214 e. The molecule has 1 heterocycles. The Balaban J connectivity index is 0.00000324. The van der Waals surface area contributed by atoms with Crippen LogP contribution >= 0.6 is 12.4 Å². The molecule has 1 atom stereocenters. The summed E-state index contributed by atoms with van der Waals surface area (Å²) in [6, 6.07) is 0.209. The van der Waals surface area contributed by atoms with Gasteiger partial charge in [0.2, 0.25) is 10.0 Å². The molecule has 1 fully saturated rings. The highest BCUT2D eigenvalue weighted by Crippen LogP contribution is 2.19. The second-order valence-corrected chi connectivity index (χ2v) is 7.35. The summed E-state index contributed by atoms with van der Waals surface area (Å²) < 4.78 is 26.8. The average Bonchev–Trinajstić information content (AvgIpc) is 2.36. The van der Waals surface area contributed by atoms with E-state index >= 15 is 0 Å². The smallest absolute Gasteiger partial charge is 0.214 e. The topological polar surface area (TPSA) is 49.4 Å². The normalized spacial score (nSPS) is 19.2. The van der Waals surface area contributed by atoms with Crippen molar-refractivity contribution >= 4 is 22.4 Å². The molecule has 0 radical (unpaired) electrons. The van der Waals surface area contributed by atoms with Crippen molar-refractivity contribution in [3.63, 3.8) is 0 Å². The van der Waals surface area contributed by atoms with Crippen LogP contribution in [0.5, 0.6) is 0 Å². The Morgan fingerprint density at radius 1 is 1.26 bits per heavy atom. The van der Waals surface area contributed by atoms with Crippen molar-refractivity contribution in [2.24, 2.45) is 5.92 Å². The van der Waals surface area contributed by atoms with Crippen LogP contribution in [0, 0.1) is 5.92 Å². The quantitative estimate of drug-likeness (QED) is 0.784. The molecule has 19 heavy (non-hydrogen) atoms. The van der Waals surface area contributed by atoms with Crippen LogP contribution in [0.2, 0.25) is 0 Å². The fraction of sp³-hybridized carbons (Fsp3) is 1.00. The van der Waals surface area contributed by atoms with Crippen molar-refractivity contribution < 1.29 is 8.42 Å². The molecule has 1 saturated heterocycles. The zero-order valence-corrected chi connectivity index (χ0v) is 14.0. The van der Waals surface area contributed by atoms with Gasteiger partial charge in [0.1, 0.15) is 0 Å². The van der Waals surface area contributed by atoms with Crippen LogP contribution in [0.25, 0.3) is 0 Å². The predicted octanol–water partition coefficient (Wildman–Crippen LogP) is 2.25. The standard InChI is InChI=1S/C13H28N2O2S.ClH/c1-4-10-15(13-6-8-14-9-7-13)18(16,17)11-12(3)5-2;/h12-14H,4-11H2,1-3H3;1H. The number of halogens is 1. The fourth-order valence-electron chi connectivity index (χ4n) is 2.44. The lowest BCUT2D eigenvalue weighted by Gasteiger charge is -2.34. The van der Waals surface area contributed by atoms with Crippen molar-refractivity contribution in [3.8, 4) is 0 Å². The Kier molecular flexibility index (Phi) is 9.24. The van der Waals surface area contributed by atoms with Gasteiger partial charge in [-0.15, -0.1) is 12.4 Å². The van der Waals surface area contributed by atoms with Crippen LogP contribution in [-0.4, -0.2) is 44.2 Å². The molecule has 1 N–H and O–H groups in total.